The third kappa shape index (κ3) is 2.84. The van der Waals surface area contributed by atoms with Crippen LogP contribution in [-0.2, 0) is 5.54 Å². The molecule has 1 aromatic carbocycles. The zero-order valence-electron chi connectivity index (χ0n) is 13.8. The predicted molar refractivity (Wildman–Crippen MR) is 98.5 cm³/mol. The van der Waals surface area contributed by atoms with Crippen LogP contribution in [0.15, 0.2) is 28.1 Å². The van der Waals surface area contributed by atoms with Crippen LogP contribution in [0.4, 0.5) is 0 Å². The van der Waals surface area contributed by atoms with Gasteiger partial charge in [-0.2, -0.15) is 4.98 Å². The van der Waals surface area contributed by atoms with Gasteiger partial charge in [0.05, 0.1) is 5.54 Å². The van der Waals surface area contributed by atoms with Crippen molar-refractivity contribution in [3.8, 4) is 33.7 Å². The first-order valence-corrected chi connectivity index (χ1v) is 9.08. The van der Waals surface area contributed by atoms with Crippen LogP contribution in [0, 0.1) is 0 Å². The summed E-state index contributed by atoms with van der Waals surface area (Å²) >= 11 is 1.52. The summed E-state index contributed by atoms with van der Waals surface area (Å²) < 4.78 is 16.2. The van der Waals surface area contributed by atoms with E-state index in [1.54, 1.807) is 0 Å². The number of fused-ring (bicyclic) bond motifs is 1. The standard InChI is InChI=1S/C17H16N4O3S.ClH/c18-17(5-1-2-6-17)16-20-14(24-21-16)11-8-25-15(19-11)10-3-4-12-13(7-10)23-9-22-12;/h3-4,7-8H,1-2,5-6,9,18H2;1H. The molecule has 0 unspecified atom stereocenters. The molecule has 3 heterocycles. The topological polar surface area (TPSA) is 96.3 Å². The highest BCUT2D eigenvalue weighted by molar-refractivity contribution is 7.13. The van der Waals surface area contributed by atoms with Crippen molar-refractivity contribution in [2.24, 2.45) is 5.73 Å². The van der Waals surface area contributed by atoms with Gasteiger partial charge >= 0.3 is 0 Å². The van der Waals surface area contributed by atoms with Crippen molar-refractivity contribution < 1.29 is 14.0 Å². The van der Waals surface area contributed by atoms with E-state index in [1.165, 1.54) is 11.3 Å². The van der Waals surface area contributed by atoms with Gasteiger partial charge in [-0.3, -0.25) is 0 Å². The first kappa shape index (κ1) is 17.3. The van der Waals surface area contributed by atoms with E-state index in [-0.39, 0.29) is 19.2 Å². The lowest BCUT2D eigenvalue weighted by Crippen LogP contribution is -2.34. The number of hydrogen-bond donors (Lipinski definition) is 1. The molecule has 9 heteroatoms. The maximum Gasteiger partial charge on any atom is 0.277 e. The zero-order valence-corrected chi connectivity index (χ0v) is 15.4. The van der Waals surface area contributed by atoms with Crippen molar-refractivity contribution in [2.45, 2.75) is 31.2 Å². The minimum absolute atomic E-state index is 0. The minimum Gasteiger partial charge on any atom is -0.454 e. The number of rotatable bonds is 3. The van der Waals surface area contributed by atoms with Gasteiger partial charge in [-0.15, -0.1) is 23.7 Å². The number of nitrogens with zero attached hydrogens (tertiary/aromatic N) is 3. The number of benzene rings is 1. The van der Waals surface area contributed by atoms with Crippen molar-refractivity contribution >= 4 is 23.7 Å². The largest absolute Gasteiger partial charge is 0.454 e. The van der Waals surface area contributed by atoms with Crippen LogP contribution < -0.4 is 15.2 Å². The molecule has 2 aromatic heterocycles. The van der Waals surface area contributed by atoms with E-state index in [9.17, 15) is 0 Å². The fraction of sp³-hybridized carbons (Fsp3) is 0.353. The van der Waals surface area contributed by atoms with E-state index in [0.29, 0.717) is 17.4 Å². The molecule has 0 bridgehead atoms. The van der Waals surface area contributed by atoms with Crippen LogP contribution in [0.3, 0.4) is 0 Å². The fourth-order valence-corrected chi connectivity index (χ4v) is 4.08. The Morgan fingerprint density at radius 2 is 1.88 bits per heavy atom. The first-order valence-electron chi connectivity index (χ1n) is 8.20. The van der Waals surface area contributed by atoms with Crippen LogP contribution in [0.25, 0.3) is 22.2 Å². The summed E-state index contributed by atoms with van der Waals surface area (Å²) in [5.41, 5.74) is 7.56. The SMILES string of the molecule is Cl.NC1(c2noc(-c3csc(-c4ccc5c(c4)OCO5)n3)n2)CCCC1. The molecule has 7 nitrogen and oxygen atoms in total. The van der Waals surface area contributed by atoms with E-state index in [2.05, 4.69) is 15.1 Å². The summed E-state index contributed by atoms with van der Waals surface area (Å²) in [6.45, 7) is 0.257. The highest BCUT2D eigenvalue weighted by Gasteiger charge is 2.36. The number of hydrogen-bond acceptors (Lipinski definition) is 8. The Hall–Kier alpha value is -2.16. The summed E-state index contributed by atoms with van der Waals surface area (Å²) in [6, 6.07) is 5.78. The smallest absolute Gasteiger partial charge is 0.277 e. The van der Waals surface area contributed by atoms with Crippen molar-refractivity contribution in [1.82, 2.24) is 15.1 Å². The Bertz CT molecular complexity index is 936. The van der Waals surface area contributed by atoms with Crippen LogP contribution >= 0.6 is 23.7 Å². The van der Waals surface area contributed by atoms with Gasteiger partial charge in [-0.25, -0.2) is 4.98 Å². The van der Waals surface area contributed by atoms with E-state index >= 15 is 0 Å². The van der Waals surface area contributed by atoms with Gasteiger partial charge in [-0.1, -0.05) is 18.0 Å². The Morgan fingerprint density at radius 1 is 1.08 bits per heavy atom. The Kier molecular flexibility index (Phi) is 4.34. The number of nitrogens with two attached hydrogens (primary N) is 1. The quantitative estimate of drug-likeness (QED) is 0.725. The van der Waals surface area contributed by atoms with Crippen molar-refractivity contribution in [3.05, 3.63) is 29.4 Å². The molecule has 26 heavy (non-hydrogen) atoms. The van der Waals surface area contributed by atoms with E-state index in [0.717, 1.165) is 47.8 Å². The second-order valence-electron chi connectivity index (χ2n) is 6.39. The molecule has 1 saturated carbocycles. The van der Waals surface area contributed by atoms with E-state index in [1.807, 2.05) is 23.6 Å². The molecule has 136 valence electrons. The average Bonchev–Trinajstić information content (AvgIpc) is 3.38. The van der Waals surface area contributed by atoms with Crippen LogP contribution in [-0.4, -0.2) is 21.9 Å². The lowest BCUT2D eigenvalue weighted by atomic mass is 9.99. The summed E-state index contributed by atoms with van der Waals surface area (Å²) in [4.78, 5) is 9.12. The molecule has 0 amide bonds. The molecule has 0 saturated heterocycles. The molecule has 1 fully saturated rings. The van der Waals surface area contributed by atoms with Gasteiger partial charge in [-0.05, 0) is 31.0 Å². The second kappa shape index (κ2) is 6.53. The molecule has 0 atom stereocenters. The molecular weight excluding hydrogens is 376 g/mol. The van der Waals surface area contributed by atoms with Gasteiger partial charge in [0.1, 0.15) is 10.7 Å². The molecule has 0 spiro atoms. The van der Waals surface area contributed by atoms with Gasteiger partial charge in [0.2, 0.25) is 6.79 Å². The van der Waals surface area contributed by atoms with Gasteiger partial charge in [0.15, 0.2) is 17.3 Å². The molecule has 1 aliphatic carbocycles. The number of ether oxygens (including phenoxy) is 2. The average molecular weight is 393 g/mol. The summed E-state index contributed by atoms with van der Waals surface area (Å²) in [5.74, 6) is 2.49. The summed E-state index contributed by atoms with van der Waals surface area (Å²) in [7, 11) is 0. The van der Waals surface area contributed by atoms with Gasteiger partial charge in [0, 0.05) is 10.9 Å². The maximum atomic E-state index is 6.39. The van der Waals surface area contributed by atoms with Crippen LogP contribution in [0.5, 0.6) is 11.5 Å². The van der Waals surface area contributed by atoms with E-state index < -0.39 is 5.54 Å². The molecule has 2 aliphatic rings. The highest BCUT2D eigenvalue weighted by atomic mass is 35.5. The zero-order chi connectivity index (χ0) is 16.9. The predicted octanol–water partition coefficient (Wildman–Crippen LogP) is 3.74. The molecule has 2 N–H and O–H groups in total. The summed E-state index contributed by atoms with van der Waals surface area (Å²) in [6.07, 6.45) is 3.99. The normalized spacial score (nSPS) is 17.3. The van der Waals surface area contributed by atoms with Gasteiger partial charge in [0.25, 0.3) is 5.89 Å². The number of halogens is 1. The third-order valence-corrected chi connectivity index (χ3v) is 5.60. The molecule has 5 rings (SSSR count). The Labute approximate surface area is 159 Å². The maximum absolute atomic E-state index is 6.39. The monoisotopic (exact) mass is 392 g/mol. The molecule has 0 radical (unpaired) electrons. The lowest BCUT2D eigenvalue weighted by Gasteiger charge is -2.17. The first-order chi connectivity index (χ1) is 12.2. The molecular formula is C17H17ClN4O3S. The fourth-order valence-electron chi connectivity index (χ4n) is 3.29. The lowest BCUT2D eigenvalue weighted by molar-refractivity contribution is 0.174. The van der Waals surface area contributed by atoms with Crippen LogP contribution in [0.1, 0.15) is 31.5 Å². The minimum atomic E-state index is -0.460. The Morgan fingerprint density at radius 3 is 2.73 bits per heavy atom. The second-order valence-corrected chi connectivity index (χ2v) is 7.25. The highest BCUT2D eigenvalue weighted by Crippen LogP contribution is 2.38. The summed E-state index contributed by atoms with van der Waals surface area (Å²) in [5, 5.41) is 6.86. The van der Waals surface area contributed by atoms with Crippen LogP contribution in [0.2, 0.25) is 0 Å². The molecule has 3 aromatic rings. The number of thiazole rings is 1. The van der Waals surface area contributed by atoms with Crippen molar-refractivity contribution in [3.63, 3.8) is 0 Å². The Balaban J connectivity index is 0.00000168. The molecule has 1 aliphatic heterocycles. The van der Waals surface area contributed by atoms with Crippen molar-refractivity contribution in [2.75, 3.05) is 6.79 Å². The van der Waals surface area contributed by atoms with Crippen molar-refractivity contribution in [1.29, 1.82) is 0 Å². The van der Waals surface area contributed by atoms with Gasteiger partial charge < -0.3 is 19.7 Å². The number of aromatic nitrogens is 3. The third-order valence-electron chi connectivity index (χ3n) is 4.71. The van der Waals surface area contributed by atoms with E-state index in [4.69, 9.17) is 19.7 Å².